The predicted molar refractivity (Wildman–Crippen MR) is 92.1 cm³/mol. The molecule has 2 rings (SSSR count). The van der Waals surface area contributed by atoms with Crippen molar-refractivity contribution in [3.05, 3.63) is 39.3 Å². The van der Waals surface area contributed by atoms with Crippen molar-refractivity contribution < 1.29 is 14.4 Å². The molecule has 0 saturated carbocycles. The van der Waals surface area contributed by atoms with Crippen LogP contribution in [0.4, 0.5) is 0 Å². The highest BCUT2D eigenvalue weighted by Crippen LogP contribution is 2.38. The second-order valence-corrected chi connectivity index (χ2v) is 7.31. The number of benzene rings is 1. The molecule has 1 heterocycles. The monoisotopic (exact) mass is 322 g/mol. The highest BCUT2D eigenvalue weighted by Gasteiger charge is 2.52. The number of halogens is 1. The van der Waals surface area contributed by atoms with Crippen LogP contribution < -0.4 is 0 Å². The minimum Gasteiger partial charge on any atom is -0.400 e. The molecule has 0 unspecified atom stereocenters. The zero-order valence-corrected chi connectivity index (χ0v) is 14.9. The minimum absolute atomic E-state index is 0.114. The van der Waals surface area contributed by atoms with E-state index in [0.29, 0.717) is 5.47 Å². The fourth-order valence-corrected chi connectivity index (χ4v) is 2.57. The fraction of sp³-hybridized carbons (Fsp3) is 0.529. The molecule has 3 nitrogen and oxygen atoms in total. The zero-order valence-electron chi connectivity index (χ0n) is 14.2. The van der Waals surface area contributed by atoms with E-state index in [9.17, 15) is 5.11 Å². The van der Waals surface area contributed by atoms with Crippen LogP contribution in [0.5, 0.6) is 0 Å². The van der Waals surface area contributed by atoms with E-state index in [1.54, 1.807) is 0 Å². The van der Waals surface area contributed by atoms with E-state index in [4.69, 9.17) is 20.9 Å². The van der Waals surface area contributed by atoms with E-state index in [1.165, 1.54) is 0 Å². The Kier molecular flexibility index (Phi) is 4.79. The molecule has 0 bridgehead atoms. The lowest BCUT2D eigenvalue weighted by Gasteiger charge is -2.32. The lowest BCUT2D eigenvalue weighted by atomic mass is 9.77. The first-order valence-electron chi connectivity index (χ1n) is 7.51. The van der Waals surface area contributed by atoms with Crippen LogP contribution >= 0.6 is 11.6 Å². The van der Waals surface area contributed by atoms with Gasteiger partial charge in [-0.05, 0) is 63.7 Å². The van der Waals surface area contributed by atoms with E-state index >= 15 is 0 Å². The number of aliphatic hydroxyl groups is 1. The summed E-state index contributed by atoms with van der Waals surface area (Å²) in [6.45, 7) is 11.8. The smallest absolute Gasteiger partial charge is 0.400 e. The van der Waals surface area contributed by atoms with Crippen LogP contribution in [0.15, 0.2) is 17.6 Å². The third-order valence-corrected chi connectivity index (χ3v) is 5.15. The van der Waals surface area contributed by atoms with Crippen LogP contribution in [-0.2, 0) is 9.31 Å². The van der Waals surface area contributed by atoms with Gasteiger partial charge in [0, 0.05) is 5.02 Å². The van der Waals surface area contributed by atoms with Crippen molar-refractivity contribution in [1.82, 2.24) is 0 Å². The quantitative estimate of drug-likeness (QED) is 0.856. The molecule has 0 spiro atoms. The Hall–Kier alpha value is -0.805. The van der Waals surface area contributed by atoms with Gasteiger partial charge in [-0.2, -0.15) is 0 Å². The van der Waals surface area contributed by atoms with Gasteiger partial charge in [-0.15, -0.1) is 0 Å². The van der Waals surface area contributed by atoms with Gasteiger partial charge in [0.2, 0.25) is 0 Å². The SMILES string of the molecule is Cc1cc(C=C(CO)B2OC(C)(C)C(C)(C)O2)cc(C)c1Cl. The number of aliphatic hydroxyl groups excluding tert-OH is 1. The largest absolute Gasteiger partial charge is 0.492 e. The molecule has 1 fully saturated rings. The summed E-state index contributed by atoms with van der Waals surface area (Å²) in [6, 6.07) is 3.99. The highest BCUT2D eigenvalue weighted by atomic mass is 35.5. The maximum Gasteiger partial charge on any atom is 0.492 e. The molecule has 1 aliphatic rings. The Bertz CT molecular complexity index is 569. The molecule has 120 valence electrons. The number of hydrogen-bond donors (Lipinski definition) is 1. The molecule has 0 aromatic heterocycles. The number of rotatable bonds is 3. The summed E-state index contributed by atoms with van der Waals surface area (Å²) < 4.78 is 12.0. The van der Waals surface area contributed by atoms with Crippen molar-refractivity contribution in [1.29, 1.82) is 0 Å². The predicted octanol–water partition coefficient (Wildman–Crippen LogP) is 3.96. The van der Waals surface area contributed by atoms with Gasteiger partial charge in [-0.25, -0.2) is 0 Å². The average Bonchev–Trinajstić information content (AvgIpc) is 2.61. The van der Waals surface area contributed by atoms with Crippen molar-refractivity contribution >= 4 is 24.8 Å². The van der Waals surface area contributed by atoms with E-state index in [-0.39, 0.29) is 6.61 Å². The van der Waals surface area contributed by atoms with E-state index in [1.807, 2.05) is 59.8 Å². The second kappa shape index (κ2) is 6.01. The molecule has 0 amide bonds. The molecule has 1 aromatic rings. The normalized spacial score (nSPS) is 20.5. The number of hydrogen-bond acceptors (Lipinski definition) is 3. The topological polar surface area (TPSA) is 38.7 Å². The van der Waals surface area contributed by atoms with Crippen LogP contribution in [0.25, 0.3) is 6.08 Å². The van der Waals surface area contributed by atoms with Crippen molar-refractivity contribution in [3.63, 3.8) is 0 Å². The van der Waals surface area contributed by atoms with Crippen molar-refractivity contribution in [2.75, 3.05) is 6.61 Å². The molecule has 0 atom stereocenters. The van der Waals surface area contributed by atoms with Gasteiger partial charge >= 0.3 is 7.12 Å². The first kappa shape index (κ1) is 17.5. The maximum atomic E-state index is 9.73. The van der Waals surface area contributed by atoms with Gasteiger partial charge in [0.15, 0.2) is 0 Å². The average molecular weight is 323 g/mol. The van der Waals surface area contributed by atoms with Crippen molar-refractivity contribution in [2.24, 2.45) is 0 Å². The van der Waals surface area contributed by atoms with Gasteiger partial charge in [0.1, 0.15) is 0 Å². The minimum atomic E-state index is -0.536. The highest BCUT2D eigenvalue weighted by molar-refractivity contribution is 6.55. The molecule has 0 radical (unpaired) electrons. The molecule has 0 aliphatic carbocycles. The molecule has 5 heteroatoms. The van der Waals surface area contributed by atoms with Gasteiger partial charge in [-0.1, -0.05) is 29.8 Å². The Labute approximate surface area is 138 Å². The number of aryl methyl sites for hydroxylation is 2. The van der Waals surface area contributed by atoms with Gasteiger partial charge in [-0.3, -0.25) is 0 Å². The van der Waals surface area contributed by atoms with Crippen molar-refractivity contribution in [3.8, 4) is 0 Å². The summed E-state index contributed by atoms with van der Waals surface area (Å²) in [5.74, 6) is 0. The van der Waals surface area contributed by atoms with Crippen LogP contribution in [0.3, 0.4) is 0 Å². The molecule has 1 N–H and O–H groups in total. The van der Waals surface area contributed by atoms with Crippen LogP contribution in [0.1, 0.15) is 44.4 Å². The summed E-state index contributed by atoms with van der Waals surface area (Å²) in [4.78, 5) is 0. The fourth-order valence-electron chi connectivity index (χ4n) is 2.46. The van der Waals surface area contributed by atoms with Gasteiger partial charge < -0.3 is 14.4 Å². The summed E-state index contributed by atoms with van der Waals surface area (Å²) in [7, 11) is -0.536. The Balaban J connectivity index is 2.34. The summed E-state index contributed by atoms with van der Waals surface area (Å²) in [5.41, 5.74) is 2.88. The molecule has 1 aliphatic heterocycles. The maximum absolute atomic E-state index is 9.73. The Morgan fingerprint density at radius 1 is 1.14 bits per heavy atom. The third kappa shape index (κ3) is 3.25. The third-order valence-electron chi connectivity index (χ3n) is 4.55. The standard InChI is InChI=1S/C17H24BClO3/c1-11-7-13(8-12(2)15(11)19)9-14(10-20)18-21-16(3,4)17(5,6)22-18/h7-9,20H,10H2,1-6H3. The van der Waals surface area contributed by atoms with Crippen LogP contribution in [0.2, 0.25) is 5.02 Å². The lowest BCUT2D eigenvalue weighted by Crippen LogP contribution is -2.41. The lowest BCUT2D eigenvalue weighted by molar-refractivity contribution is 0.00578. The zero-order chi connectivity index (χ0) is 16.7. The van der Waals surface area contributed by atoms with Crippen LogP contribution in [-0.4, -0.2) is 30.0 Å². The summed E-state index contributed by atoms with van der Waals surface area (Å²) in [6.07, 6.45) is 1.92. The van der Waals surface area contributed by atoms with E-state index in [0.717, 1.165) is 21.7 Å². The summed E-state index contributed by atoms with van der Waals surface area (Å²) >= 11 is 6.20. The van der Waals surface area contributed by atoms with Gasteiger partial charge in [0.25, 0.3) is 0 Å². The van der Waals surface area contributed by atoms with Crippen LogP contribution in [0, 0.1) is 13.8 Å². The summed E-state index contributed by atoms with van der Waals surface area (Å²) in [5, 5.41) is 10.5. The van der Waals surface area contributed by atoms with Crippen molar-refractivity contribution in [2.45, 2.75) is 52.7 Å². The molecular weight excluding hydrogens is 298 g/mol. The Morgan fingerprint density at radius 2 is 1.59 bits per heavy atom. The van der Waals surface area contributed by atoms with Gasteiger partial charge in [0.05, 0.1) is 17.8 Å². The first-order chi connectivity index (χ1) is 10.1. The molecule has 1 aromatic carbocycles. The van der Waals surface area contributed by atoms with E-state index in [2.05, 4.69) is 0 Å². The molecule has 1 saturated heterocycles. The van der Waals surface area contributed by atoms with E-state index < -0.39 is 18.3 Å². The second-order valence-electron chi connectivity index (χ2n) is 6.93. The molecule has 22 heavy (non-hydrogen) atoms. The molecular formula is C17H24BClO3. The first-order valence-corrected chi connectivity index (χ1v) is 7.89. The Morgan fingerprint density at radius 3 is 2.00 bits per heavy atom.